The van der Waals surface area contributed by atoms with E-state index < -0.39 is 23.8 Å². The van der Waals surface area contributed by atoms with Crippen LogP contribution in [0, 0.1) is 0 Å². The van der Waals surface area contributed by atoms with E-state index in [0.717, 1.165) is 0 Å². The van der Waals surface area contributed by atoms with Gasteiger partial charge in [0.25, 0.3) is 0 Å². The molecule has 2 amide bonds. The molecule has 10 nitrogen and oxygen atoms in total. The molecule has 0 saturated heterocycles. The van der Waals surface area contributed by atoms with E-state index in [-0.39, 0.29) is 35.3 Å². The van der Waals surface area contributed by atoms with Crippen molar-refractivity contribution in [2.45, 2.75) is 12.8 Å². The van der Waals surface area contributed by atoms with Crippen LogP contribution in [0.25, 0.3) is 11.1 Å². The van der Waals surface area contributed by atoms with Gasteiger partial charge in [0.05, 0.1) is 39.0 Å². The molecule has 0 aromatic heterocycles. The number of amides is 2. The minimum Gasteiger partial charge on any atom is -0.545 e. The maximum absolute atomic E-state index is 12.6. The highest BCUT2D eigenvalue weighted by Crippen LogP contribution is 2.29. The molecular weight excluding hydrogens is 540 g/mol. The average Bonchev–Trinajstić information content (AvgIpc) is 2.98. The van der Waals surface area contributed by atoms with Crippen LogP contribution in [-0.4, -0.2) is 38.0 Å². The van der Waals surface area contributed by atoms with E-state index in [2.05, 4.69) is 10.6 Å². The molecule has 0 aliphatic heterocycles. The SMILES string of the molecule is COc1ccc(CC(=O)Nc2ccc(-c3ccc(NC(=O)Cc4ccc(OC)cc4)c(C(=O)[O-])c3)cc2C(=O)[O-])cc1. The van der Waals surface area contributed by atoms with E-state index in [1.165, 1.54) is 50.6 Å². The van der Waals surface area contributed by atoms with E-state index in [1.807, 2.05) is 0 Å². The number of rotatable bonds is 11. The number of benzene rings is 4. The first-order valence-corrected chi connectivity index (χ1v) is 12.7. The summed E-state index contributed by atoms with van der Waals surface area (Å²) in [5.74, 6) is -2.66. The highest BCUT2D eigenvalue weighted by atomic mass is 16.5. The summed E-state index contributed by atoms with van der Waals surface area (Å²) < 4.78 is 10.2. The summed E-state index contributed by atoms with van der Waals surface area (Å²) >= 11 is 0. The summed E-state index contributed by atoms with van der Waals surface area (Å²) in [6.07, 6.45) is -0.00228. The summed E-state index contributed by atoms with van der Waals surface area (Å²) in [7, 11) is 3.06. The Hall–Kier alpha value is -5.64. The predicted molar refractivity (Wildman–Crippen MR) is 151 cm³/mol. The van der Waals surface area contributed by atoms with E-state index in [1.54, 1.807) is 48.5 Å². The van der Waals surface area contributed by atoms with Crippen molar-refractivity contribution in [3.8, 4) is 22.6 Å². The molecule has 0 bridgehead atoms. The second kappa shape index (κ2) is 13.1. The van der Waals surface area contributed by atoms with Crippen molar-refractivity contribution in [2.75, 3.05) is 24.9 Å². The number of methoxy groups -OCH3 is 2. The molecule has 0 spiro atoms. The smallest absolute Gasteiger partial charge is 0.228 e. The number of anilines is 2. The molecular formula is C32H26N2O8-2. The van der Waals surface area contributed by atoms with Gasteiger partial charge in [0.2, 0.25) is 11.8 Å². The van der Waals surface area contributed by atoms with Crippen molar-refractivity contribution in [3.63, 3.8) is 0 Å². The molecule has 0 aliphatic carbocycles. The number of carbonyl (C=O) groups excluding carboxylic acids is 4. The Labute approximate surface area is 241 Å². The van der Waals surface area contributed by atoms with Crippen molar-refractivity contribution in [2.24, 2.45) is 0 Å². The maximum Gasteiger partial charge on any atom is 0.228 e. The van der Waals surface area contributed by atoms with Crippen LogP contribution >= 0.6 is 0 Å². The van der Waals surface area contributed by atoms with Crippen LogP contribution in [0.5, 0.6) is 11.5 Å². The zero-order valence-corrected chi connectivity index (χ0v) is 22.8. The number of carbonyl (C=O) groups is 4. The first-order chi connectivity index (χ1) is 20.2. The van der Waals surface area contributed by atoms with Gasteiger partial charge in [-0.3, -0.25) is 9.59 Å². The van der Waals surface area contributed by atoms with Gasteiger partial charge in [-0.15, -0.1) is 0 Å². The Morgan fingerprint density at radius 1 is 0.571 bits per heavy atom. The molecule has 4 aromatic rings. The third-order valence-electron chi connectivity index (χ3n) is 6.41. The monoisotopic (exact) mass is 566 g/mol. The summed E-state index contributed by atoms with van der Waals surface area (Å²) in [5.41, 5.74) is 1.57. The summed E-state index contributed by atoms with van der Waals surface area (Å²) in [6.45, 7) is 0. The minimum atomic E-state index is -1.53. The molecule has 4 aromatic carbocycles. The fraction of sp³-hybridized carbons (Fsp3) is 0.125. The number of carboxylic acids is 2. The molecule has 0 saturated carbocycles. The quantitative estimate of drug-likeness (QED) is 0.280. The molecule has 42 heavy (non-hydrogen) atoms. The second-order valence-electron chi connectivity index (χ2n) is 9.24. The van der Waals surface area contributed by atoms with Crippen molar-refractivity contribution in [3.05, 3.63) is 107 Å². The van der Waals surface area contributed by atoms with Crippen LogP contribution in [-0.2, 0) is 22.4 Å². The molecule has 0 unspecified atom stereocenters. The third-order valence-corrected chi connectivity index (χ3v) is 6.41. The highest BCUT2D eigenvalue weighted by Gasteiger charge is 2.14. The van der Waals surface area contributed by atoms with Gasteiger partial charge in [-0.05, 0) is 70.8 Å². The first kappa shape index (κ1) is 29.3. The lowest BCUT2D eigenvalue weighted by atomic mass is 9.98. The van der Waals surface area contributed by atoms with Gasteiger partial charge < -0.3 is 39.9 Å². The maximum atomic E-state index is 12.6. The van der Waals surface area contributed by atoms with E-state index >= 15 is 0 Å². The Morgan fingerprint density at radius 2 is 0.929 bits per heavy atom. The number of ether oxygens (including phenoxy) is 2. The Bertz CT molecular complexity index is 1510. The lowest BCUT2D eigenvalue weighted by molar-refractivity contribution is -0.256. The van der Waals surface area contributed by atoms with E-state index in [0.29, 0.717) is 33.8 Å². The van der Waals surface area contributed by atoms with Crippen LogP contribution in [0.2, 0.25) is 0 Å². The first-order valence-electron chi connectivity index (χ1n) is 12.7. The zero-order valence-electron chi connectivity index (χ0n) is 22.8. The highest BCUT2D eigenvalue weighted by molar-refractivity contribution is 6.03. The second-order valence-corrected chi connectivity index (χ2v) is 9.24. The Balaban J connectivity index is 1.52. The lowest BCUT2D eigenvalue weighted by Crippen LogP contribution is -2.26. The van der Waals surface area contributed by atoms with Crippen LogP contribution in [0.15, 0.2) is 84.9 Å². The number of carboxylic acid groups (broad SMARTS) is 2. The summed E-state index contributed by atoms with van der Waals surface area (Å²) in [6, 6.07) is 22.1. The lowest BCUT2D eigenvalue weighted by Gasteiger charge is -2.16. The van der Waals surface area contributed by atoms with Gasteiger partial charge in [-0.25, -0.2) is 0 Å². The fourth-order valence-corrected chi connectivity index (χ4v) is 4.25. The van der Waals surface area contributed by atoms with Crippen LogP contribution < -0.4 is 30.3 Å². The van der Waals surface area contributed by atoms with Gasteiger partial charge in [-0.2, -0.15) is 0 Å². The topological polar surface area (TPSA) is 157 Å². The van der Waals surface area contributed by atoms with E-state index in [4.69, 9.17) is 9.47 Å². The standard InChI is InChI=1S/C32H28N2O8/c1-41-23-9-3-19(4-10-23)15-29(35)33-27-13-7-21(17-25(27)31(37)38)22-8-14-28(26(18-22)32(39)40)34-30(36)16-20-5-11-24(42-2)12-6-20/h3-14,17-18H,15-16H2,1-2H3,(H,33,35)(H,34,36)(H,37,38)(H,39,40)/p-2. The number of hydrogen-bond acceptors (Lipinski definition) is 8. The Kier molecular flexibility index (Phi) is 9.18. The third kappa shape index (κ3) is 7.30. The van der Waals surface area contributed by atoms with Gasteiger partial charge in [0.1, 0.15) is 11.5 Å². The minimum absolute atomic E-state index is 0.00114. The van der Waals surface area contributed by atoms with Gasteiger partial charge in [0, 0.05) is 22.5 Å². The molecule has 10 heteroatoms. The van der Waals surface area contributed by atoms with E-state index in [9.17, 15) is 29.4 Å². The van der Waals surface area contributed by atoms with Crippen molar-refractivity contribution in [1.82, 2.24) is 0 Å². The molecule has 0 atom stereocenters. The largest absolute Gasteiger partial charge is 0.545 e. The summed E-state index contributed by atoms with van der Waals surface area (Å²) in [5, 5.41) is 29.0. The molecule has 0 fully saturated rings. The van der Waals surface area contributed by atoms with Crippen LogP contribution in [0.3, 0.4) is 0 Å². The molecule has 214 valence electrons. The normalized spacial score (nSPS) is 10.4. The van der Waals surface area contributed by atoms with Crippen molar-refractivity contribution >= 4 is 35.1 Å². The van der Waals surface area contributed by atoms with Crippen molar-refractivity contribution in [1.29, 1.82) is 0 Å². The molecule has 0 heterocycles. The number of hydrogen-bond donors (Lipinski definition) is 2. The average molecular weight is 567 g/mol. The van der Waals surface area contributed by atoms with Gasteiger partial charge in [-0.1, -0.05) is 36.4 Å². The predicted octanol–water partition coefficient (Wildman–Crippen LogP) is 2.46. The fourth-order valence-electron chi connectivity index (χ4n) is 4.25. The van der Waals surface area contributed by atoms with Crippen LogP contribution in [0.4, 0.5) is 11.4 Å². The molecule has 4 rings (SSSR count). The molecule has 0 aliphatic rings. The number of aromatic carboxylic acids is 2. The Morgan fingerprint density at radius 3 is 1.24 bits per heavy atom. The van der Waals surface area contributed by atoms with Crippen LogP contribution in [0.1, 0.15) is 31.8 Å². The molecule has 2 N–H and O–H groups in total. The molecule has 0 radical (unpaired) electrons. The van der Waals surface area contributed by atoms with Gasteiger partial charge >= 0.3 is 0 Å². The van der Waals surface area contributed by atoms with Gasteiger partial charge in [0.15, 0.2) is 0 Å². The number of nitrogens with one attached hydrogen (secondary N) is 2. The zero-order chi connectivity index (χ0) is 30.2. The summed E-state index contributed by atoms with van der Waals surface area (Å²) in [4.78, 5) is 49.0. The van der Waals surface area contributed by atoms with Crippen molar-refractivity contribution < 1.29 is 38.9 Å².